The molecule has 1 aliphatic carbocycles. The first kappa shape index (κ1) is 54.8. The second kappa shape index (κ2) is 23.9. The van der Waals surface area contributed by atoms with Gasteiger partial charge in [-0.05, 0) is 124 Å². The molecule has 80 heavy (non-hydrogen) atoms. The second-order valence-corrected chi connectivity index (χ2v) is 25.6. The van der Waals surface area contributed by atoms with E-state index in [2.05, 4.69) is 153 Å². The molecule has 16 heteroatoms. The van der Waals surface area contributed by atoms with Gasteiger partial charge in [-0.2, -0.15) is 0 Å². The van der Waals surface area contributed by atoms with Gasteiger partial charge in [0.2, 0.25) is 11.6 Å². The highest BCUT2D eigenvalue weighted by atomic mass is 79.9. The highest BCUT2D eigenvalue weighted by Crippen LogP contribution is 2.41. The van der Waals surface area contributed by atoms with Crippen LogP contribution in [0, 0.1) is 0 Å². The van der Waals surface area contributed by atoms with Crippen LogP contribution < -0.4 is 4.74 Å². The Hall–Kier alpha value is -7.12. The van der Waals surface area contributed by atoms with E-state index in [1.54, 1.807) is 84.1 Å². The van der Waals surface area contributed by atoms with Crippen molar-refractivity contribution in [2.24, 2.45) is 0 Å². The number of hydrogen-bond donors (Lipinski definition) is 0. The molecule has 0 N–H and O–H groups in total. The van der Waals surface area contributed by atoms with Crippen molar-refractivity contribution in [1.82, 2.24) is 0 Å². The van der Waals surface area contributed by atoms with Gasteiger partial charge in [-0.25, -0.2) is 9.59 Å². The van der Waals surface area contributed by atoms with Crippen LogP contribution in [0.2, 0.25) is 0 Å². The lowest BCUT2D eigenvalue weighted by atomic mass is 9.87. The molecule has 1 aliphatic heterocycles. The number of thiophene rings is 4. The molecule has 390 valence electrons. The van der Waals surface area contributed by atoms with E-state index in [9.17, 15) is 28.8 Å². The number of carbonyl (C=O) groups is 6. The fourth-order valence-corrected chi connectivity index (χ4v) is 15.4. The van der Waals surface area contributed by atoms with Crippen LogP contribution in [0.5, 0.6) is 5.75 Å². The first-order valence-electron chi connectivity index (χ1n) is 24.1. The van der Waals surface area contributed by atoms with Crippen LogP contribution in [-0.4, -0.2) is 35.8 Å². The molecule has 0 fully saturated rings. The Kier molecular flexibility index (Phi) is 16.4. The number of rotatable bonds is 4. The first-order chi connectivity index (χ1) is 38.8. The normalized spacial score (nSPS) is 12.1. The van der Waals surface area contributed by atoms with E-state index >= 15 is 0 Å². The molecule has 5 heterocycles. The van der Waals surface area contributed by atoms with E-state index < -0.39 is 11.9 Å². The molecule has 0 spiro atoms. The molecule has 0 saturated carbocycles. The summed E-state index contributed by atoms with van der Waals surface area (Å²) in [4.78, 5) is 71.2. The van der Waals surface area contributed by atoms with Crippen LogP contribution in [0.3, 0.4) is 0 Å². The van der Waals surface area contributed by atoms with Gasteiger partial charge in [-0.15, -0.1) is 45.3 Å². The molecule has 0 saturated heterocycles. The molecular weight excluding hydrogens is 1340 g/mol. The van der Waals surface area contributed by atoms with Gasteiger partial charge in [0.25, 0.3) is 6.47 Å². The number of cyclic esters (lactones) is 2. The number of carbonyl (C=O) groups excluding carboxylic acids is 6. The van der Waals surface area contributed by atoms with Crippen molar-refractivity contribution < 1.29 is 38.2 Å². The van der Waals surface area contributed by atoms with Crippen molar-refractivity contribution in [2.75, 3.05) is 0 Å². The Morgan fingerprint density at radius 3 is 1.64 bits per heavy atom. The molecule has 8 nitrogen and oxygen atoms in total. The van der Waals surface area contributed by atoms with Gasteiger partial charge in [0.15, 0.2) is 5.78 Å². The molecule has 9 aromatic carbocycles. The van der Waals surface area contributed by atoms with Gasteiger partial charge in [0.05, 0.1) is 32.0 Å². The number of esters is 2. The first-order valence-corrected chi connectivity index (χ1v) is 30.6. The van der Waals surface area contributed by atoms with Gasteiger partial charge in [-0.3, -0.25) is 19.2 Å². The maximum atomic E-state index is 12.7. The number of halogens is 4. The lowest BCUT2D eigenvalue weighted by Gasteiger charge is -2.13. The Bertz CT molecular complexity index is 4620. The SMILES string of the molecule is Brc1ccc2c(c1)sc1cc3ccccc3cc12.Brc1ccc2ccsc2c1.O=C1OC(=O)c2ccccc21.O=C1c2ccccc2C(=O)c2c1sc1cc(Br)ccc21.O=COc1ccccc1C(=O)c1cc2ccc(Br)cc2s1. The minimum atomic E-state index is -0.550. The topological polar surface area (TPSA) is 121 Å². The smallest absolute Gasteiger partial charge is 0.346 e. The van der Waals surface area contributed by atoms with Crippen LogP contribution in [0.25, 0.3) is 61.2 Å². The summed E-state index contributed by atoms with van der Waals surface area (Å²) in [6.07, 6.45) is 0. The third-order valence-electron chi connectivity index (χ3n) is 12.8. The van der Waals surface area contributed by atoms with Crippen molar-refractivity contribution in [3.05, 3.63) is 261 Å². The molecule has 0 bridgehead atoms. The number of ether oxygens (including phenoxy) is 2. The van der Waals surface area contributed by atoms with Crippen molar-refractivity contribution in [3.8, 4) is 5.75 Å². The number of fused-ring (bicyclic) bond motifs is 11. The van der Waals surface area contributed by atoms with Crippen molar-refractivity contribution in [1.29, 1.82) is 0 Å². The minimum absolute atomic E-state index is 0.0486. The molecule has 0 amide bonds. The van der Waals surface area contributed by atoms with Crippen molar-refractivity contribution >= 4 is 206 Å². The quantitative estimate of drug-likeness (QED) is 0.0739. The van der Waals surface area contributed by atoms with E-state index in [1.165, 1.54) is 63.7 Å². The number of hydrogen-bond acceptors (Lipinski definition) is 12. The largest absolute Gasteiger partial charge is 0.428 e. The molecule has 0 radical (unpaired) electrons. The summed E-state index contributed by atoms with van der Waals surface area (Å²) in [5.41, 5.74) is 2.68. The van der Waals surface area contributed by atoms with Crippen LogP contribution in [-0.2, 0) is 9.53 Å². The summed E-state index contributed by atoms with van der Waals surface area (Å²) >= 11 is 20.2. The van der Waals surface area contributed by atoms with Crippen molar-refractivity contribution in [2.45, 2.75) is 0 Å². The third kappa shape index (κ3) is 11.4. The molecule has 4 aromatic heterocycles. The maximum absolute atomic E-state index is 12.7. The van der Waals surface area contributed by atoms with E-state index in [0.717, 1.165) is 38.1 Å². The van der Waals surface area contributed by atoms with Gasteiger partial charge in [0, 0.05) is 68.7 Å². The van der Waals surface area contributed by atoms with E-state index in [1.807, 2.05) is 53.8 Å². The monoisotopic (exact) mass is 1370 g/mol. The van der Waals surface area contributed by atoms with E-state index in [0.29, 0.717) is 49.6 Å². The zero-order chi connectivity index (χ0) is 55.6. The maximum Gasteiger partial charge on any atom is 0.346 e. The Morgan fingerprint density at radius 2 is 0.963 bits per heavy atom. The van der Waals surface area contributed by atoms with Gasteiger partial charge in [0.1, 0.15) is 5.75 Å². The zero-order valence-electron chi connectivity index (χ0n) is 41.0. The van der Waals surface area contributed by atoms with Crippen LogP contribution in [0.15, 0.2) is 217 Å². The fraction of sp³-hybridized carbons (Fsp3) is 0. The average molecular weight is 1380 g/mol. The number of benzene rings is 9. The standard InChI is InChI=1S/C16H9BrO3S.C16H7BrO2S.C16H9BrS.C8H5BrS.C8H4O3/c17-11-6-5-10-7-15(21-14(10)8-11)16(19)12-3-1-2-4-13(12)20-9-18;17-8-5-6-11-12(7-8)20-16-13(11)14(18)9-3-1-2-4-10(9)15(16)19;17-12-5-6-13-14-7-10-3-1-2-4-11(10)8-15(14)18-16(13)9-12;9-7-2-1-6-3-4-10-8(6)5-7;9-7-5-3-1-2-4-6(5)8(10)11-7/h1-9H;1-7H;1-9H;1-5H;1-4H. The lowest BCUT2D eigenvalue weighted by molar-refractivity contribution is -0.120. The summed E-state index contributed by atoms with van der Waals surface area (Å²) < 4.78 is 19.5. The second-order valence-electron chi connectivity index (χ2n) is 17.7. The van der Waals surface area contributed by atoms with Crippen LogP contribution >= 0.6 is 109 Å². The molecule has 2 aliphatic rings. The van der Waals surface area contributed by atoms with Gasteiger partial charge in [-0.1, -0.05) is 161 Å². The Balaban J connectivity index is 0.000000108. The summed E-state index contributed by atoms with van der Waals surface area (Å²) in [5.74, 6) is -1.08. The fourth-order valence-electron chi connectivity index (χ4n) is 9.05. The van der Waals surface area contributed by atoms with E-state index in [4.69, 9.17) is 4.74 Å². The zero-order valence-corrected chi connectivity index (χ0v) is 50.7. The van der Waals surface area contributed by atoms with Gasteiger partial charge < -0.3 is 9.47 Å². The third-order valence-corrected chi connectivity index (χ3v) is 19.0. The molecule has 13 aromatic rings. The summed E-state index contributed by atoms with van der Waals surface area (Å²) in [6, 6.07) is 61.9. The summed E-state index contributed by atoms with van der Waals surface area (Å²) in [6.45, 7) is 0.328. The van der Waals surface area contributed by atoms with Crippen LogP contribution in [0.1, 0.15) is 67.1 Å². The molecule has 0 atom stereocenters. The number of ketones is 3. The Labute approximate surface area is 505 Å². The number of para-hydroxylation sites is 1. The average Bonchev–Trinajstić information content (AvgIpc) is 4.34. The summed E-state index contributed by atoms with van der Waals surface area (Å²) in [7, 11) is 0. The predicted octanol–water partition coefficient (Wildman–Crippen LogP) is 19.5. The Morgan fingerprint density at radius 1 is 0.438 bits per heavy atom. The predicted molar refractivity (Wildman–Crippen MR) is 339 cm³/mol. The van der Waals surface area contributed by atoms with Gasteiger partial charge >= 0.3 is 11.9 Å². The van der Waals surface area contributed by atoms with Crippen molar-refractivity contribution in [3.63, 3.8) is 0 Å². The highest BCUT2D eigenvalue weighted by Gasteiger charge is 2.33. The molecule has 0 unspecified atom stereocenters. The molecule has 15 rings (SSSR count). The van der Waals surface area contributed by atoms with Crippen LogP contribution in [0.4, 0.5) is 0 Å². The lowest BCUT2D eigenvalue weighted by Crippen LogP contribution is -2.18. The van der Waals surface area contributed by atoms with E-state index in [-0.39, 0.29) is 23.1 Å². The summed E-state index contributed by atoms with van der Waals surface area (Å²) in [5, 5.41) is 10.7. The highest BCUT2D eigenvalue weighted by molar-refractivity contribution is 9.11. The molecular formula is C64H34Br4O8S4. The minimum Gasteiger partial charge on any atom is -0.428 e.